The van der Waals surface area contributed by atoms with Crippen LogP contribution < -0.4 is 5.32 Å². The molecule has 4 nitrogen and oxygen atoms in total. The first-order valence-corrected chi connectivity index (χ1v) is 4.75. The Morgan fingerprint density at radius 3 is 2.47 bits per heavy atom. The van der Waals surface area contributed by atoms with Gasteiger partial charge in [0.25, 0.3) is 0 Å². The first-order valence-electron chi connectivity index (χ1n) is 4.75. The van der Waals surface area contributed by atoms with Crippen LogP contribution in [0.5, 0.6) is 0 Å². The van der Waals surface area contributed by atoms with Crippen LogP contribution in [0.1, 0.15) is 26.3 Å². The third-order valence-corrected chi connectivity index (χ3v) is 2.05. The average Bonchev–Trinajstić information content (AvgIpc) is 2.17. The highest BCUT2D eigenvalue weighted by Gasteiger charge is 2.13. The van der Waals surface area contributed by atoms with Gasteiger partial charge in [-0.15, -0.1) is 0 Å². The van der Waals surface area contributed by atoms with Gasteiger partial charge in [-0.05, 0) is 17.0 Å². The molecule has 0 aliphatic heterocycles. The predicted octanol–water partition coefficient (Wildman–Crippen LogP) is 2.56. The molecule has 1 amide bonds. The Kier molecular flexibility index (Phi) is 3.29. The minimum atomic E-state index is -0.508. The SMILES string of the molecule is COC(=O)Nc1ccc(C(C)(C)C)cn1. The second-order valence-corrected chi connectivity index (χ2v) is 4.30. The topological polar surface area (TPSA) is 51.2 Å². The van der Waals surface area contributed by atoms with Crippen molar-refractivity contribution < 1.29 is 9.53 Å². The van der Waals surface area contributed by atoms with Gasteiger partial charge in [-0.1, -0.05) is 26.8 Å². The predicted molar refractivity (Wildman–Crippen MR) is 59.0 cm³/mol. The van der Waals surface area contributed by atoms with Crippen molar-refractivity contribution in [2.75, 3.05) is 12.4 Å². The largest absolute Gasteiger partial charge is 0.453 e. The Labute approximate surface area is 89.7 Å². The number of anilines is 1. The summed E-state index contributed by atoms with van der Waals surface area (Å²) < 4.78 is 4.46. The van der Waals surface area contributed by atoms with Crippen molar-refractivity contribution in [3.63, 3.8) is 0 Å². The molecule has 0 radical (unpaired) electrons. The molecule has 0 atom stereocenters. The van der Waals surface area contributed by atoms with Gasteiger partial charge in [0.15, 0.2) is 0 Å². The Hall–Kier alpha value is -1.58. The second kappa shape index (κ2) is 4.29. The van der Waals surface area contributed by atoms with Crippen LogP contribution in [0.25, 0.3) is 0 Å². The lowest BCUT2D eigenvalue weighted by Crippen LogP contribution is -2.14. The fourth-order valence-electron chi connectivity index (χ4n) is 1.07. The summed E-state index contributed by atoms with van der Waals surface area (Å²) in [6.07, 6.45) is 1.25. The molecule has 0 aliphatic rings. The molecule has 0 unspecified atom stereocenters. The number of nitrogens with zero attached hydrogens (tertiary/aromatic N) is 1. The summed E-state index contributed by atoms with van der Waals surface area (Å²) in [5.74, 6) is 0.495. The van der Waals surface area contributed by atoms with Gasteiger partial charge in [0.2, 0.25) is 0 Å². The quantitative estimate of drug-likeness (QED) is 0.771. The van der Waals surface area contributed by atoms with Crippen LogP contribution in [0, 0.1) is 0 Å². The zero-order valence-electron chi connectivity index (χ0n) is 9.50. The van der Waals surface area contributed by atoms with Gasteiger partial charge >= 0.3 is 6.09 Å². The summed E-state index contributed by atoms with van der Waals surface area (Å²) in [6.45, 7) is 6.33. The van der Waals surface area contributed by atoms with Crippen molar-refractivity contribution in [3.05, 3.63) is 23.9 Å². The molecular formula is C11H16N2O2. The number of amides is 1. The van der Waals surface area contributed by atoms with Crippen molar-refractivity contribution in [3.8, 4) is 0 Å². The average molecular weight is 208 g/mol. The van der Waals surface area contributed by atoms with E-state index in [0.29, 0.717) is 5.82 Å². The van der Waals surface area contributed by atoms with Crippen LogP contribution >= 0.6 is 0 Å². The standard InChI is InChI=1S/C11H16N2O2/c1-11(2,3)8-5-6-9(12-7-8)13-10(14)15-4/h5-7H,1-4H3,(H,12,13,14). The number of pyridine rings is 1. The number of aromatic nitrogens is 1. The molecule has 0 saturated carbocycles. The molecule has 1 heterocycles. The minimum absolute atomic E-state index is 0.0663. The minimum Gasteiger partial charge on any atom is -0.453 e. The van der Waals surface area contributed by atoms with E-state index in [0.717, 1.165) is 5.56 Å². The Morgan fingerprint density at radius 1 is 1.40 bits per heavy atom. The van der Waals surface area contributed by atoms with E-state index in [2.05, 4.69) is 35.8 Å². The van der Waals surface area contributed by atoms with E-state index in [1.54, 1.807) is 12.3 Å². The fourth-order valence-corrected chi connectivity index (χ4v) is 1.07. The van der Waals surface area contributed by atoms with Crippen LogP contribution in [0.4, 0.5) is 10.6 Å². The molecule has 0 fully saturated rings. The summed E-state index contributed by atoms with van der Waals surface area (Å²) >= 11 is 0. The molecule has 1 aromatic heterocycles. The number of nitrogens with one attached hydrogen (secondary N) is 1. The molecule has 0 spiro atoms. The van der Waals surface area contributed by atoms with E-state index in [1.807, 2.05) is 6.07 Å². The molecule has 0 aromatic carbocycles. The lowest BCUT2D eigenvalue weighted by atomic mass is 9.88. The maximum absolute atomic E-state index is 10.9. The summed E-state index contributed by atoms with van der Waals surface area (Å²) in [6, 6.07) is 3.70. The van der Waals surface area contributed by atoms with E-state index in [9.17, 15) is 4.79 Å². The highest BCUT2D eigenvalue weighted by molar-refractivity contribution is 5.83. The van der Waals surface area contributed by atoms with E-state index >= 15 is 0 Å². The van der Waals surface area contributed by atoms with Crippen LogP contribution in [0.3, 0.4) is 0 Å². The third kappa shape index (κ3) is 3.23. The van der Waals surface area contributed by atoms with E-state index in [4.69, 9.17) is 0 Å². The van der Waals surface area contributed by atoms with Crippen LogP contribution in [-0.2, 0) is 10.2 Å². The molecular weight excluding hydrogens is 192 g/mol. The molecule has 15 heavy (non-hydrogen) atoms. The van der Waals surface area contributed by atoms with Gasteiger partial charge in [0, 0.05) is 6.20 Å². The van der Waals surface area contributed by atoms with Gasteiger partial charge in [0.05, 0.1) is 7.11 Å². The van der Waals surface area contributed by atoms with Crippen molar-refractivity contribution in [2.45, 2.75) is 26.2 Å². The van der Waals surface area contributed by atoms with Crippen LogP contribution in [-0.4, -0.2) is 18.2 Å². The normalized spacial score (nSPS) is 10.9. The summed E-state index contributed by atoms with van der Waals surface area (Å²) in [5.41, 5.74) is 1.19. The summed E-state index contributed by atoms with van der Waals surface area (Å²) in [7, 11) is 1.32. The van der Waals surface area contributed by atoms with Crippen molar-refractivity contribution in [2.24, 2.45) is 0 Å². The Bertz CT molecular complexity index is 339. The molecule has 1 rings (SSSR count). The number of methoxy groups -OCH3 is 1. The fraction of sp³-hybridized carbons (Fsp3) is 0.455. The van der Waals surface area contributed by atoms with Gasteiger partial charge in [0.1, 0.15) is 5.82 Å². The number of hydrogen-bond donors (Lipinski definition) is 1. The number of ether oxygens (including phenoxy) is 1. The Morgan fingerprint density at radius 2 is 2.07 bits per heavy atom. The van der Waals surface area contributed by atoms with Crippen molar-refractivity contribution in [1.82, 2.24) is 4.98 Å². The van der Waals surface area contributed by atoms with E-state index in [1.165, 1.54) is 7.11 Å². The molecule has 0 saturated heterocycles. The maximum atomic E-state index is 10.9. The lowest BCUT2D eigenvalue weighted by molar-refractivity contribution is 0.187. The molecule has 4 heteroatoms. The number of carbonyl (C=O) groups is 1. The maximum Gasteiger partial charge on any atom is 0.412 e. The molecule has 1 aromatic rings. The van der Waals surface area contributed by atoms with Crippen molar-refractivity contribution >= 4 is 11.9 Å². The molecule has 1 N–H and O–H groups in total. The van der Waals surface area contributed by atoms with Crippen LogP contribution in [0.2, 0.25) is 0 Å². The number of rotatable bonds is 1. The van der Waals surface area contributed by atoms with E-state index < -0.39 is 6.09 Å². The second-order valence-electron chi connectivity index (χ2n) is 4.30. The van der Waals surface area contributed by atoms with Crippen molar-refractivity contribution in [1.29, 1.82) is 0 Å². The number of carbonyl (C=O) groups excluding carboxylic acids is 1. The Balaban J connectivity index is 2.77. The van der Waals surface area contributed by atoms with Gasteiger partial charge in [-0.25, -0.2) is 9.78 Å². The third-order valence-electron chi connectivity index (χ3n) is 2.05. The molecule has 82 valence electrons. The molecule has 0 aliphatic carbocycles. The van der Waals surface area contributed by atoms with Gasteiger partial charge in [-0.2, -0.15) is 0 Å². The van der Waals surface area contributed by atoms with Gasteiger partial charge in [-0.3, -0.25) is 5.32 Å². The first kappa shape index (κ1) is 11.5. The van der Waals surface area contributed by atoms with Crippen LogP contribution in [0.15, 0.2) is 18.3 Å². The highest BCUT2D eigenvalue weighted by Crippen LogP contribution is 2.21. The summed E-state index contributed by atoms with van der Waals surface area (Å²) in [5, 5.41) is 2.50. The zero-order valence-corrected chi connectivity index (χ0v) is 9.50. The smallest absolute Gasteiger partial charge is 0.412 e. The highest BCUT2D eigenvalue weighted by atomic mass is 16.5. The number of hydrogen-bond acceptors (Lipinski definition) is 3. The molecule has 0 bridgehead atoms. The zero-order chi connectivity index (χ0) is 11.5. The van der Waals surface area contributed by atoms with Gasteiger partial charge < -0.3 is 4.74 Å². The summed E-state index contributed by atoms with van der Waals surface area (Å²) in [4.78, 5) is 15.0. The lowest BCUT2D eigenvalue weighted by Gasteiger charge is -2.18. The van der Waals surface area contributed by atoms with E-state index in [-0.39, 0.29) is 5.41 Å². The first-order chi connectivity index (χ1) is 6.93. The monoisotopic (exact) mass is 208 g/mol.